The van der Waals surface area contributed by atoms with Gasteiger partial charge in [0.1, 0.15) is 11.2 Å². The molecule has 3 heterocycles. The molecule has 0 radical (unpaired) electrons. The predicted molar refractivity (Wildman–Crippen MR) is 400 cm³/mol. The average Bonchev–Trinajstić information content (AvgIpc) is 1.41. The Kier molecular flexibility index (Phi) is 13.5. The zero-order valence-corrected chi connectivity index (χ0v) is 58.4. The van der Waals surface area contributed by atoms with Crippen molar-refractivity contribution in [1.29, 1.82) is 0 Å². The number of hydrogen-bond donors (Lipinski definition) is 0. The lowest BCUT2D eigenvalue weighted by Gasteiger charge is -2.47. The van der Waals surface area contributed by atoms with Crippen LogP contribution in [0.5, 0.6) is 0 Å². The Morgan fingerprint density at radius 3 is 1.52 bits per heavy atom. The molecule has 1 aromatic heterocycles. The van der Waals surface area contributed by atoms with Crippen LogP contribution in [-0.2, 0) is 37.9 Å². The molecule has 5 heteroatoms. The molecule has 0 spiro atoms. The van der Waals surface area contributed by atoms with E-state index < -0.39 is 0 Å². The van der Waals surface area contributed by atoms with Crippen molar-refractivity contribution < 1.29 is 4.42 Å². The lowest BCUT2D eigenvalue weighted by Crippen LogP contribution is -2.61. The molecule has 468 valence electrons. The number of rotatable bonds is 7. The van der Waals surface area contributed by atoms with Crippen LogP contribution in [0.15, 0.2) is 199 Å². The van der Waals surface area contributed by atoms with E-state index in [0.717, 1.165) is 63.8 Å². The molecular formula is C88H92BN3O. The van der Waals surface area contributed by atoms with Gasteiger partial charge < -0.3 is 19.1 Å². The Labute approximate surface area is 554 Å². The highest BCUT2D eigenvalue weighted by molar-refractivity contribution is 7.00. The fourth-order valence-electron chi connectivity index (χ4n) is 16.9. The third kappa shape index (κ3) is 9.82. The van der Waals surface area contributed by atoms with Gasteiger partial charge in [0.05, 0.1) is 11.4 Å². The third-order valence-corrected chi connectivity index (χ3v) is 22.1. The molecule has 93 heavy (non-hydrogen) atoms. The van der Waals surface area contributed by atoms with Crippen molar-refractivity contribution in [2.24, 2.45) is 0 Å². The number of furan rings is 1. The van der Waals surface area contributed by atoms with Gasteiger partial charge in [0.2, 0.25) is 0 Å². The van der Waals surface area contributed by atoms with Crippen LogP contribution in [-0.4, -0.2) is 6.71 Å². The van der Waals surface area contributed by atoms with E-state index in [1.165, 1.54) is 112 Å². The number of aryl methyl sites for hydroxylation is 1. The SMILES string of the molecule is Cc1cc2c(cc1N1c3cc(-c4cccc5oc6ccccc6c45)ccc3B3c4cc5c(cc4N(c4ccc(C(C)(C)C)cc4-c4ccccc4)c4cc(N(c6ccc(C(C)(C)C)cc6)c6ccc(C(C)(C)C)cc6)cc1c43)C(C)(C)CC5(C)C)C(C)(C)CCC2(C)C. The summed E-state index contributed by atoms with van der Waals surface area (Å²) in [5.74, 6) is 0. The van der Waals surface area contributed by atoms with Crippen molar-refractivity contribution in [1.82, 2.24) is 0 Å². The van der Waals surface area contributed by atoms with Gasteiger partial charge in [0.15, 0.2) is 0 Å². The molecular weight excluding hydrogens is 1130 g/mol. The molecule has 0 amide bonds. The summed E-state index contributed by atoms with van der Waals surface area (Å²) in [5, 5.41) is 2.27. The summed E-state index contributed by atoms with van der Waals surface area (Å²) in [5.41, 5.74) is 31.7. The van der Waals surface area contributed by atoms with Crippen LogP contribution < -0.4 is 31.1 Å². The van der Waals surface area contributed by atoms with Crippen molar-refractivity contribution in [3.05, 3.63) is 239 Å². The van der Waals surface area contributed by atoms with E-state index in [9.17, 15) is 0 Å². The summed E-state index contributed by atoms with van der Waals surface area (Å²) in [6, 6.07) is 75.8. The first-order chi connectivity index (χ1) is 43.9. The van der Waals surface area contributed by atoms with Crippen molar-refractivity contribution in [3.8, 4) is 22.3 Å². The second-order valence-electron chi connectivity index (χ2n) is 33.7. The zero-order chi connectivity index (χ0) is 65.4. The van der Waals surface area contributed by atoms with E-state index in [2.05, 4.69) is 333 Å². The van der Waals surface area contributed by atoms with Gasteiger partial charge in [0.25, 0.3) is 6.71 Å². The van der Waals surface area contributed by atoms with Crippen molar-refractivity contribution in [2.45, 2.75) is 182 Å². The van der Waals surface area contributed by atoms with Crippen LogP contribution >= 0.6 is 0 Å². The fraction of sp³-hybridized carbons (Fsp3) is 0.318. The Morgan fingerprint density at radius 2 is 0.903 bits per heavy atom. The summed E-state index contributed by atoms with van der Waals surface area (Å²) in [7, 11) is 0. The molecule has 4 nitrogen and oxygen atoms in total. The van der Waals surface area contributed by atoms with E-state index in [1.807, 2.05) is 0 Å². The summed E-state index contributed by atoms with van der Waals surface area (Å²) in [4.78, 5) is 8.00. The molecule has 11 aromatic rings. The quantitative estimate of drug-likeness (QED) is 0.148. The Balaban J connectivity index is 1.12. The number of anilines is 9. The van der Waals surface area contributed by atoms with E-state index in [-0.39, 0.29) is 44.6 Å². The number of fused-ring (bicyclic) bond motifs is 9. The van der Waals surface area contributed by atoms with E-state index >= 15 is 0 Å². The minimum atomic E-state index is -0.140. The number of benzene rings is 10. The van der Waals surface area contributed by atoms with Crippen LogP contribution in [0.4, 0.5) is 51.2 Å². The molecule has 0 fully saturated rings. The van der Waals surface area contributed by atoms with Gasteiger partial charge in [-0.1, -0.05) is 233 Å². The monoisotopic (exact) mass is 1220 g/mol. The number of hydrogen-bond acceptors (Lipinski definition) is 4. The highest BCUT2D eigenvalue weighted by Gasteiger charge is 2.50. The summed E-state index contributed by atoms with van der Waals surface area (Å²) in [6.07, 6.45) is 3.32. The van der Waals surface area contributed by atoms with Crippen LogP contribution in [0.3, 0.4) is 0 Å². The van der Waals surface area contributed by atoms with Gasteiger partial charge in [-0.2, -0.15) is 0 Å². The van der Waals surface area contributed by atoms with Crippen molar-refractivity contribution >= 4 is 96.2 Å². The minimum Gasteiger partial charge on any atom is -0.456 e. The van der Waals surface area contributed by atoms with Gasteiger partial charge >= 0.3 is 0 Å². The first-order valence-electron chi connectivity index (χ1n) is 34.3. The molecule has 0 unspecified atom stereocenters. The first kappa shape index (κ1) is 60.7. The number of nitrogens with zero attached hydrogens (tertiary/aromatic N) is 3. The molecule has 0 N–H and O–H groups in total. The molecule has 10 aromatic carbocycles. The smallest absolute Gasteiger partial charge is 0.252 e. The molecule has 0 saturated heterocycles. The standard InChI is InChI=1S/C88H92BN3O/c1-54-45-66-68(86(13,14)44-43-85(66,11)12)51-73(54)92-74-46-56(63-28-24-30-79-80(63)64-27-22-23-29-78(64)93-79)31-41-70(74)89-71-50-67-69(88(17,18)53-87(67,15)16)52-75(71)91(72-42-36-59(84(8,9)10)47-65(72)55-25-20-19-21-26-55)76-48-62(49-77(92)81(76)89)90(60-37-32-57(33-38-60)82(2,3)4)61-39-34-58(35-40-61)83(5,6)7/h19-42,45-52H,43-44,53H2,1-18H3. The van der Waals surface area contributed by atoms with Crippen LogP contribution in [0.25, 0.3) is 44.2 Å². The Bertz CT molecular complexity index is 4780. The third-order valence-electron chi connectivity index (χ3n) is 22.1. The Morgan fingerprint density at radius 1 is 0.387 bits per heavy atom. The molecule has 15 rings (SSSR count). The Hall–Kier alpha value is -8.54. The fourth-order valence-corrected chi connectivity index (χ4v) is 16.9. The highest BCUT2D eigenvalue weighted by Crippen LogP contribution is 2.57. The maximum absolute atomic E-state index is 6.67. The second-order valence-corrected chi connectivity index (χ2v) is 33.7. The molecule has 0 bridgehead atoms. The minimum absolute atomic E-state index is 0.0226. The van der Waals surface area contributed by atoms with Crippen molar-refractivity contribution in [2.75, 3.05) is 14.7 Å². The normalized spacial score (nSPS) is 16.6. The lowest BCUT2D eigenvalue weighted by molar-refractivity contribution is 0.332. The highest BCUT2D eigenvalue weighted by atomic mass is 16.3. The molecule has 0 atom stereocenters. The molecule has 2 aliphatic carbocycles. The van der Waals surface area contributed by atoms with E-state index in [1.54, 1.807) is 0 Å². The predicted octanol–water partition coefficient (Wildman–Crippen LogP) is 23.0. The average molecular weight is 1220 g/mol. The zero-order valence-electron chi connectivity index (χ0n) is 58.4. The second kappa shape index (κ2) is 20.7. The topological polar surface area (TPSA) is 22.9 Å². The largest absolute Gasteiger partial charge is 0.456 e. The summed E-state index contributed by atoms with van der Waals surface area (Å²) < 4.78 is 6.67. The van der Waals surface area contributed by atoms with Gasteiger partial charge in [0, 0.05) is 56.1 Å². The van der Waals surface area contributed by atoms with Gasteiger partial charge in [-0.3, -0.25) is 0 Å². The van der Waals surface area contributed by atoms with Gasteiger partial charge in [-0.05, 0) is 221 Å². The van der Waals surface area contributed by atoms with Crippen molar-refractivity contribution in [3.63, 3.8) is 0 Å². The molecule has 0 saturated carbocycles. The van der Waals surface area contributed by atoms with Crippen LogP contribution in [0.1, 0.15) is 181 Å². The van der Waals surface area contributed by atoms with E-state index in [0.29, 0.717) is 0 Å². The first-order valence-corrected chi connectivity index (χ1v) is 34.3. The van der Waals surface area contributed by atoms with Crippen LogP contribution in [0.2, 0.25) is 0 Å². The maximum Gasteiger partial charge on any atom is 0.252 e. The maximum atomic E-state index is 6.67. The van der Waals surface area contributed by atoms with E-state index in [4.69, 9.17) is 4.42 Å². The lowest BCUT2D eigenvalue weighted by atomic mass is 9.33. The molecule has 2 aliphatic heterocycles. The van der Waals surface area contributed by atoms with Gasteiger partial charge in [-0.15, -0.1) is 0 Å². The number of para-hydroxylation sites is 1. The van der Waals surface area contributed by atoms with Gasteiger partial charge in [-0.25, -0.2) is 0 Å². The summed E-state index contributed by atoms with van der Waals surface area (Å²) in [6.45, 7) is 43.0. The summed E-state index contributed by atoms with van der Waals surface area (Å²) >= 11 is 0. The van der Waals surface area contributed by atoms with Crippen LogP contribution in [0, 0.1) is 6.92 Å². The molecule has 4 aliphatic rings.